The summed E-state index contributed by atoms with van der Waals surface area (Å²) in [6.45, 7) is -0.510. The molecule has 0 saturated carbocycles. The van der Waals surface area contributed by atoms with Crippen LogP contribution in [-0.4, -0.2) is 52.2 Å². The molecule has 3 heterocycles. The Bertz CT molecular complexity index is 969. The van der Waals surface area contributed by atoms with Crippen LogP contribution in [0.15, 0.2) is 54.9 Å². The third kappa shape index (κ3) is 3.52. The summed E-state index contributed by atoms with van der Waals surface area (Å²) in [5.74, 6) is -0.454. The molecule has 1 unspecified atom stereocenters. The highest BCUT2D eigenvalue weighted by Crippen LogP contribution is 2.26. The molecular formula is C19H16F3N3O2. The van der Waals surface area contributed by atoms with E-state index in [0.717, 1.165) is 11.3 Å². The lowest BCUT2D eigenvalue weighted by molar-refractivity contribution is -0.233. The van der Waals surface area contributed by atoms with Gasteiger partial charge >= 0.3 is 6.18 Å². The number of nitrogens with zero attached hydrogens (tertiary/aromatic N) is 3. The summed E-state index contributed by atoms with van der Waals surface area (Å²) in [6, 6.07) is 12.8. The molecule has 1 aliphatic heterocycles. The van der Waals surface area contributed by atoms with Crippen molar-refractivity contribution < 1.29 is 22.7 Å². The number of fused-ring (bicyclic) bond motifs is 1. The molecule has 1 fully saturated rings. The molecule has 8 heteroatoms. The van der Waals surface area contributed by atoms with E-state index in [1.165, 1.54) is 4.90 Å². The molecular weight excluding hydrogens is 359 g/mol. The first-order valence-electron chi connectivity index (χ1n) is 8.43. The van der Waals surface area contributed by atoms with Gasteiger partial charge in [0.25, 0.3) is 5.91 Å². The lowest BCUT2D eigenvalue weighted by Crippen LogP contribution is -2.51. The predicted octanol–water partition coefficient (Wildman–Crippen LogP) is 3.40. The minimum absolute atomic E-state index is 0.128. The minimum Gasteiger partial charge on any atom is -0.365 e. The van der Waals surface area contributed by atoms with Crippen LogP contribution in [0, 0.1) is 0 Å². The minimum atomic E-state index is -4.49. The first kappa shape index (κ1) is 17.5. The Morgan fingerprint density at radius 1 is 1.11 bits per heavy atom. The summed E-state index contributed by atoms with van der Waals surface area (Å²) in [5.41, 5.74) is 2.65. The fraction of sp³-hybridized carbons (Fsp3) is 0.263. The van der Waals surface area contributed by atoms with Crippen molar-refractivity contribution in [3.63, 3.8) is 0 Å². The number of imidazole rings is 1. The van der Waals surface area contributed by atoms with Gasteiger partial charge in [0.2, 0.25) is 0 Å². The van der Waals surface area contributed by atoms with Crippen molar-refractivity contribution in [3.8, 4) is 11.3 Å². The summed E-state index contributed by atoms with van der Waals surface area (Å²) in [5, 5.41) is 0. The van der Waals surface area contributed by atoms with Crippen molar-refractivity contribution in [3.05, 3.63) is 60.4 Å². The van der Waals surface area contributed by atoms with Crippen molar-refractivity contribution in [2.45, 2.75) is 12.3 Å². The third-order valence-electron chi connectivity index (χ3n) is 4.49. The highest BCUT2D eigenvalue weighted by molar-refractivity contribution is 5.94. The first-order valence-corrected chi connectivity index (χ1v) is 8.43. The molecule has 4 rings (SSSR count). The number of aromatic nitrogens is 2. The fourth-order valence-corrected chi connectivity index (χ4v) is 3.08. The number of pyridine rings is 1. The monoisotopic (exact) mass is 375 g/mol. The molecule has 0 spiro atoms. The van der Waals surface area contributed by atoms with E-state index < -0.39 is 24.7 Å². The van der Waals surface area contributed by atoms with Gasteiger partial charge in [-0.1, -0.05) is 30.3 Å². The van der Waals surface area contributed by atoms with E-state index in [4.69, 9.17) is 4.74 Å². The molecule has 1 saturated heterocycles. The number of morpholine rings is 1. The lowest BCUT2D eigenvalue weighted by Gasteiger charge is -2.33. The second-order valence-corrected chi connectivity index (χ2v) is 6.33. The number of hydrogen-bond donors (Lipinski definition) is 0. The zero-order chi connectivity index (χ0) is 19.0. The Morgan fingerprint density at radius 2 is 1.89 bits per heavy atom. The van der Waals surface area contributed by atoms with Gasteiger partial charge in [-0.25, -0.2) is 4.98 Å². The van der Waals surface area contributed by atoms with E-state index in [1.54, 1.807) is 28.9 Å². The van der Waals surface area contributed by atoms with Gasteiger partial charge in [0.05, 0.1) is 24.4 Å². The predicted molar refractivity (Wildman–Crippen MR) is 92.3 cm³/mol. The van der Waals surface area contributed by atoms with Crippen LogP contribution in [0.4, 0.5) is 13.2 Å². The summed E-state index contributed by atoms with van der Waals surface area (Å²) in [6.07, 6.45) is -3.05. The maximum atomic E-state index is 12.9. The Hall–Kier alpha value is -2.87. The van der Waals surface area contributed by atoms with Crippen molar-refractivity contribution in [1.82, 2.24) is 14.3 Å². The second kappa shape index (κ2) is 6.70. The fourth-order valence-electron chi connectivity index (χ4n) is 3.08. The number of rotatable bonds is 2. The van der Waals surface area contributed by atoms with Gasteiger partial charge in [-0.05, 0) is 12.1 Å². The largest absolute Gasteiger partial charge is 0.416 e. The standard InChI is InChI=1S/C19H16F3N3O2/c20-19(21,22)16-12-24(8-9-27-16)18(26)14-6-7-17-23-15(11-25(17)10-14)13-4-2-1-3-5-13/h1-7,10-11,16H,8-9,12H2. The molecule has 1 aliphatic rings. The molecule has 0 bridgehead atoms. The normalized spacial score (nSPS) is 18.0. The SMILES string of the molecule is O=C(c1ccc2nc(-c3ccccc3)cn2c1)N1CCOC(C(F)(F)F)C1. The van der Waals surface area contributed by atoms with Gasteiger partial charge in [0.1, 0.15) is 5.65 Å². The molecule has 1 amide bonds. The van der Waals surface area contributed by atoms with Gasteiger partial charge < -0.3 is 14.0 Å². The Kier molecular flexibility index (Phi) is 4.35. The van der Waals surface area contributed by atoms with Crippen LogP contribution in [0.3, 0.4) is 0 Å². The van der Waals surface area contributed by atoms with Gasteiger partial charge in [0.15, 0.2) is 6.10 Å². The quantitative estimate of drug-likeness (QED) is 0.690. The molecule has 0 N–H and O–H groups in total. The van der Waals surface area contributed by atoms with Crippen LogP contribution >= 0.6 is 0 Å². The number of benzene rings is 1. The smallest absolute Gasteiger partial charge is 0.365 e. The summed E-state index contributed by atoms with van der Waals surface area (Å²) in [7, 11) is 0. The topological polar surface area (TPSA) is 46.8 Å². The van der Waals surface area contributed by atoms with Crippen LogP contribution in [0.5, 0.6) is 0 Å². The summed E-state index contributed by atoms with van der Waals surface area (Å²) >= 11 is 0. The number of ether oxygens (including phenoxy) is 1. The molecule has 140 valence electrons. The number of amides is 1. The van der Waals surface area contributed by atoms with Crippen molar-refractivity contribution >= 4 is 11.6 Å². The van der Waals surface area contributed by atoms with E-state index in [-0.39, 0.29) is 13.2 Å². The molecule has 3 aromatic rings. The highest BCUT2D eigenvalue weighted by Gasteiger charge is 2.44. The maximum Gasteiger partial charge on any atom is 0.416 e. The van der Waals surface area contributed by atoms with Gasteiger partial charge in [-0.3, -0.25) is 4.79 Å². The lowest BCUT2D eigenvalue weighted by atomic mass is 10.2. The number of alkyl halides is 3. The summed E-state index contributed by atoms with van der Waals surface area (Å²) in [4.78, 5) is 18.3. The van der Waals surface area contributed by atoms with E-state index in [2.05, 4.69) is 4.98 Å². The average Bonchev–Trinajstić information content (AvgIpc) is 3.11. The molecule has 2 aromatic heterocycles. The molecule has 27 heavy (non-hydrogen) atoms. The molecule has 1 atom stereocenters. The summed E-state index contributed by atoms with van der Waals surface area (Å²) < 4.78 is 45.1. The van der Waals surface area contributed by atoms with Crippen molar-refractivity contribution in [2.24, 2.45) is 0 Å². The maximum absolute atomic E-state index is 12.9. The zero-order valence-corrected chi connectivity index (χ0v) is 14.2. The van der Waals surface area contributed by atoms with Crippen LogP contribution in [0.1, 0.15) is 10.4 Å². The second-order valence-electron chi connectivity index (χ2n) is 6.33. The number of carbonyl (C=O) groups is 1. The number of hydrogen-bond acceptors (Lipinski definition) is 3. The molecule has 0 aliphatic carbocycles. The van der Waals surface area contributed by atoms with E-state index in [9.17, 15) is 18.0 Å². The first-order chi connectivity index (χ1) is 12.9. The van der Waals surface area contributed by atoms with E-state index >= 15 is 0 Å². The van der Waals surface area contributed by atoms with Crippen LogP contribution in [0.25, 0.3) is 16.9 Å². The average molecular weight is 375 g/mol. The Balaban J connectivity index is 1.59. The number of carbonyl (C=O) groups excluding carboxylic acids is 1. The highest BCUT2D eigenvalue weighted by atomic mass is 19.4. The van der Waals surface area contributed by atoms with Gasteiger partial charge in [-0.15, -0.1) is 0 Å². The molecule has 0 radical (unpaired) electrons. The Morgan fingerprint density at radius 3 is 2.63 bits per heavy atom. The zero-order valence-electron chi connectivity index (χ0n) is 14.2. The number of halogens is 3. The van der Waals surface area contributed by atoms with E-state index in [1.807, 2.05) is 30.3 Å². The third-order valence-corrected chi connectivity index (χ3v) is 4.49. The van der Waals surface area contributed by atoms with Crippen molar-refractivity contribution in [1.29, 1.82) is 0 Å². The van der Waals surface area contributed by atoms with Crippen LogP contribution in [-0.2, 0) is 4.74 Å². The molecule has 5 nitrogen and oxygen atoms in total. The van der Waals surface area contributed by atoms with E-state index in [0.29, 0.717) is 11.2 Å². The van der Waals surface area contributed by atoms with Crippen LogP contribution in [0.2, 0.25) is 0 Å². The van der Waals surface area contributed by atoms with Gasteiger partial charge in [0, 0.05) is 24.5 Å². The van der Waals surface area contributed by atoms with Crippen LogP contribution < -0.4 is 0 Å². The van der Waals surface area contributed by atoms with Gasteiger partial charge in [-0.2, -0.15) is 13.2 Å². The molecule has 1 aromatic carbocycles. The Labute approximate surface area is 153 Å². The van der Waals surface area contributed by atoms with Crippen molar-refractivity contribution in [2.75, 3.05) is 19.7 Å².